The summed E-state index contributed by atoms with van der Waals surface area (Å²) < 4.78 is 32.8. The summed E-state index contributed by atoms with van der Waals surface area (Å²) in [5, 5.41) is 2.80. The second-order valence-electron chi connectivity index (χ2n) is 7.14. The van der Waals surface area contributed by atoms with Crippen molar-refractivity contribution in [1.82, 2.24) is 10.0 Å². The topological polar surface area (TPSA) is 84.5 Å². The van der Waals surface area contributed by atoms with E-state index in [4.69, 9.17) is 4.74 Å². The number of sulfonamides is 1. The fraction of sp³-hybridized carbons (Fsp3) is 0.409. The minimum Gasteiger partial charge on any atom is -0.494 e. The number of unbranched alkanes of at least 4 members (excludes halogenated alkanes) is 1. The molecule has 2 aromatic rings. The van der Waals surface area contributed by atoms with Gasteiger partial charge in [-0.05, 0) is 57.4 Å². The van der Waals surface area contributed by atoms with Gasteiger partial charge in [0.1, 0.15) is 5.75 Å². The standard InChI is InChI=1S/C22H30N2O4S/c1-17-6-9-20(10-7-17)28-15-5-4-13-23-22(25)12-14-24-29(26,27)21-11-8-18(2)16-19(21)3/h6-11,16,24H,4-5,12-15H2,1-3H3,(H,23,25). The Morgan fingerprint density at radius 3 is 2.31 bits per heavy atom. The first kappa shape index (κ1) is 22.9. The maximum atomic E-state index is 12.4. The summed E-state index contributed by atoms with van der Waals surface area (Å²) in [6, 6.07) is 13.1. The van der Waals surface area contributed by atoms with Crippen molar-refractivity contribution in [2.24, 2.45) is 0 Å². The molecule has 0 heterocycles. The van der Waals surface area contributed by atoms with Crippen LogP contribution in [0.3, 0.4) is 0 Å². The average Bonchev–Trinajstić information content (AvgIpc) is 2.65. The van der Waals surface area contributed by atoms with Gasteiger partial charge in [0.2, 0.25) is 15.9 Å². The fourth-order valence-electron chi connectivity index (χ4n) is 2.85. The van der Waals surface area contributed by atoms with Crippen LogP contribution in [0, 0.1) is 20.8 Å². The lowest BCUT2D eigenvalue weighted by atomic mass is 10.2. The molecular formula is C22H30N2O4S. The van der Waals surface area contributed by atoms with Crippen molar-refractivity contribution in [3.8, 4) is 5.75 Å². The Bertz CT molecular complexity index is 909. The van der Waals surface area contributed by atoms with Crippen molar-refractivity contribution in [3.05, 3.63) is 59.2 Å². The average molecular weight is 419 g/mol. The van der Waals surface area contributed by atoms with Crippen LogP contribution in [-0.4, -0.2) is 34.0 Å². The molecule has 29 heavy (non-hydrogen) atoms. The number of rotatable bonds is 11. The lowest BCUT2D eigenvalue weighted by Gasteiger charge is -2.10. The van der Waals surface area contributed by atoms with Crippen LogP contribution in [0.2, 0.25) is 0 Å². The molecule has 0 aliphatic heterocycles. The first-order chi connectivity index (χ1) is 13.8. The number of amides is 1. The molecule has 158 valence electrons. The molecule has 0 fully saturated rings. The smallest absolute Gasteiger partial charge is 0.240 e. The molecule has 0 atom stereocenters. The Morgan fingerprint density at radius 2 is 1.62 bits per heavy atom. The predicted octanol–water partition coefficient (Wildman–Crippen LogP) is 3.26. The fourth-order valence-corrected chi connectivity index (χ4v) is 4.10. The molecule has 2 rings (SSSR count). The highest BCUT2D eigenvalue weighted by molar-refractivity contribution is 7.89. The van der Waals surface area contributed by atoms with Crippen molar-refractivity contribution >= 4 is 15.9 Å². The summed E-state index contributed by atoms with van der Waals surface area (Å²) in [6.45, 7) is 6.90. The minimum absolute atomic E-state index is 0.0675. The highest BCUT2D eigenvalue weighted by Crippen LogP contribution is 2.16. The van der Waals surface area contributed by atoms with E-state index in [1.54, 1.807) is 19.1 Å². The molecule has 2 N–H and O–H groups in total. The second kappa shape index (κ2) is 11.0. The van der Waals surface area contributed by atoms with Gasteiger partial charge in [0.05, 0.1) is 11.5 Å². The van der Waals surface area contributed by atoms with E-state index < -0.39 is 10.0 Å². The molecule has 0 aliphatic carbocycles. The van der Waals surface area contributed by atoms with Gasteiger partial charge >= 0.3 is 0 Å². The normalized spacial score (nSPS) is 11.3. The molecule has 0 saturated heterocycles. The number of hydrogen-bond donors (Lipinski definition) is 2. The molecule has 7 heteroatoms. The van der Waals surface area contributed by atoms with E-state index in [0.29, 0.717) is 18.7 Å². The molecule has 0 radical (unpaired) electrons. The molecule has 0 saturated carbocycles. The predicted molar refractivity (Wildman–Crippen MR) is 115 cm³/mol. The largest absolute Gasteiger partial charge is 0.494 e. The van der Waals surface area contributed by atoms with E-state index in [2.05, 4.69) is 10.0 Å². The van der Waals surface area contributed by atoms with Crippen molar-refractivity contribution in [3.63, 3.8) is 0 Å². The van der Waals surface area contributed by atoms with E-state index >= 15 is 0 Å². The highest BCUT2D eigenvalue weighted by atomic mass is 32.2. The zero-order chi connectivity index (χ0) is 21.3. The zero-order valence-corrected chi connectivity index (χ0v) is 18.1. The van der Waals surface area contributed by atoms with Gasteiger partial charge in [-0.1, -0.05) is 35.4 Å². The van der Waals surface area contributed by atoms with Crippen molar-refractivity contribution in [2.75, 3.05) is 19.7 Å². The number of ether oxygens (including phenoxy) is 1. The zero-order valence-electron chi connectivity index (χ0n) is 17.3. The van der Waals surface area contributed by atoms with Crippen LogP contribution in [0.25, 0.3) is 0 Å². The van der Waals surface area contributed by atoms with Gasteiger partial charge < -0.3 is 10.1 Å². The van der Waals surface area contributed by atoms with E-state index in [9.17, 15) is 13.2 Å². The Labute approximate surface area is 173 Å². The maximum Gasteiger partial charge on any atom is 0.240 e. The summed E-state index contributed by atoms with van der Waals surface area (Å²) in [6.07, 6.45) is 1.73. The van der Waals surface area contributed by atoms with Crippen LogP contribution in [0.4, 0.5) is 0 Å². The summed E-state index contributed by atoms with van der Waals surface area (Å²) in [5.41, 5.74) is 2.89. The van der Waals surface area contributed by atoms with Gasteiger partial charge in [0.25, 0.3) is 0 Å². The number of carbonyl (C=O) groups excluding carboxylic acids is 1. The van der Waals surface area contributed by atoms with Crippen LogP contribution in [0.5, 0.6) is 5.75 Å². The Balaban J connectivity index is 1.60. The van der Waals surface area contributed by atoms with E-state index in [-0.39, 0.29) is 23.8 Å². The van der Waals surface area contributed by atoms with Gasteiger partial charge in [-0.3, -0.25) is 4.79 Å². The van der Waals surface area contributed by atoms with Crippen LogP contribution < -0.4 is 14.8 Å². The van der Waals surface area contributed by atoms with Gasteiger partial charge in [0, 0.05) is 19.5 Å². The molecule has 0 spiro atoms. The summed E-state index contributed by atoms with van der Waals surface area (Å²) >= 11 is 0. The molecule has 6 nitrogen and oxygen atoms in total. The summed E-state index contributed by atoms with van der Waals surface area (Å²) in [4.78, 5) is 12.1. The number of benzene rings is 2. The Morgan fingerprint density at radius 1 is 0.931 bits per heavy atom. The molecular weight excluding hydrogens is 388 g/mol. The van der Waals surface area contributed by atoms with E-state index in [1.165, 1.54) is 5.56 Å². The van der Waals surface area contributed by atoms with Gasteiger partial charge in [-0.15, -0.1) is 0 Å². The Kier molecular flexibility index (Phi) is 8.67. The third-order valence-corrected chi connectivity index (χ3v) is 6.07. The van der Waals surface area contributed by atoms with E-state index in [1.807, 2.05) is 44.2 Å². The van der Waals surface area contributed by atoms with Gasteiger partial charge in [0.15, 0.2) is 0 Å². The number of carbonyl (C=O) groups is 1. The molecule has 0 unspecified atom stereocenters. The van der Waals surface area contributed by atoms with Crippen LogP contribution in [0.1, 0.15) is 36.0 Å². The monoisotopic (exact) mass is 418 g/mol. The van der Waals surface area contributed by atoms with Crippen LogP contribution in [0.15, 0.2) is 47.4 Å². The molecule has 1 amide bonds. The highest BCUT2D eigenvalue weighted by Gasteiger charge is 2.16. The maximum absolute atomic E-state index is 12.4. The third-order valence-electron chi connectivity index (χ3n) is 4.45. The number of hydrogen-bond acceptors (Lipinski definition) is 4. The second-order valence-corrected chi connectivity index (χ2v) is 8.87. The van der Waals surface area contributed by atoms with Crippen molar-refractivity contribution < 1.29 is 17.9 Å². The van der Waals surface area contributed by atoms with Crippen LogP contribution >= 0.6 is 0 Å². The lowest BCUT2D eigenvalue weighted by Crippen LogP contribution is -2.31. The summed E-state index contributed by atoms with van der Waals surface area (Å²) in [5.74, 6) is 0.670. The minimum atomic E-state index is -3.61. The van der Waals surface area contributed by atoms with Gasteiger partial charge in [-0.25, -0.2) is 13.1 Å². The number of nitrogens with one attached hydrogen (secondary N) is 2. The SMILES string of the molecule is Cc1ccc(OCCCCNC(=O)CCNS(=O)(=O)c2ccc(C)cc2C)cc1. The third kappa shape index (κ3) is 7.87. The summed E-state index contributed by atoms with van der Waals surface area (Å²) in [7, 11) is -3.61. The first-order valence-corrected chi connectivity index (χ1v) is 11.3. The lowest BCUT2D eigenvalue weighted by molar-refractivity contribution is -0.120. The molecule has 0 aliphatic rings. The van der Waals surface area contributed by atoms with Crippen molar-refractivity contribution in [2.45, 2.75) is 44.9 Å². The van der Waals surface area contributed by atoms with E-state index in [0.717, 1.165) is 24.2 Å². The quantitative estimate of drug-likeness (QED) is 0.549. The van der Waals surface area contributed by atoms with Gasteiger partial charge in [-0.2, -0.15) is 0 Å². The van der Waals surface area contributed by atoms with Crippen LogP contribution in [-0.2, 0) is 14.8 Å². The molecule has 2 aromatic carbocycles. The molecule has 0 bridgehead atoms. The molecule has 0 aromatic heterocycles. The van der Waals surface area contributed by atoms with Crippen molar-refractivity contribution in [1.29, 1.82) is 0 Å². The first-order valence-electron chi connectivity index (χ1n) is 9.81. The number of aryl methyl sites for hydroxylation is 3. The Hall–Kier alpha value is -2.38.